The molecule has 0 saturated heterocycles. The first-order chi connectivity index (χ1) is 25.8. The second kappa shape index (κ2) is 10.2. The number of imidazole rings is 1. The van der Waals surface area contributed by atoms with Crippen LogP contribution in [0.2, 0.25) is 0 Å². The lowest BCUT2D eigenvalue weighted by Crippen LogP contribution is -2.04. The van der Waals surface area contributed by atoms with Crippen LogP contribution in [0, 0.1) is 0 Å². The fraction of sp³-hybridized carbons (Fsp3) is 0. The van der Waals surface area contributed by atoms with Crippen LogP contribution < -0.4 is 0 Å². The van der Waals surface area contributed by atoms with Gasteiger partial charge in [0.25, 0.3) is 0 Å². The quantitative estimate of drug-likeness (QED) is 0.177. The molecule has 0 radical (unpaired) electrons. The lowest BCUT2D eigenvalue weighted by Gasteiger charge is -2.14. The molecule has 5 heteroatoms. The average molecular weight is 662 g/mol. The third-order valence-electron chi connectivity index (χ3n) is 10.8. The summed E-state index contributed by atoms with van der Waals surface area (Å²) in [6, 6.07) is 58.2. The van der Waals surface area contributed by atoms with Crippen LogP contribution in [0.15, 0.2) is 164 Å². The van der Waals surface area contributed by atoms with E-state index in [1.807, 2.05) is 0 Å². The zero-order chi connectivity index (χ0) is 33.9. The zero-order valence-electron chi connectivity index (χ0n) is 27.8. The van der Waals surface area contributed by atoms with Crippen LogP contribution in [-0.4, -0.2) is 23.9 Å². The topological polar surface area (TPSA) is 48.0 Å². The Bertz CT molecular complexity index is 3410. The maximum Gasteiger partial charge on any atom is 0.235 e. The highest BCUT2D eigenvalue weighted by atomic mass is 15.2. The minimum Gasteiger partial charge on any atom is -0.291 e. The first kappa shape index (κ1) is 27.7. The van der Waals surface area contributed by atoms with Gasteiger partial charge in [0.15, 0.2) is 0 Å². The second-order valence-corrected chi connectivity index (χ2v) is 13.6. The van der Waals surface area contributed by atoms with E-state index in [0.717, 1.165) is 77.3 Å². The van der Waals surface area contributed by atoms with Crippen molar-refractivity contribution >= 4 is 81.6 Å². The van der Waals surface area contributed by atoms with E-state index in [1.165, 1.54) is 26.9 Å². The summed E-state index contributed by atoms with van der Waals surface area (Å²) in [7, 11) is 0. The van der Waals surface area contributed by atoms with Gasteiger partial charge in [-0.3, -0.25) is 8.97 Å². The molecule has 0 amide bonds. The largest absolute Gasteiger partial charge is 0.291 e. The number of rotatable bonds is 3. The standard InChI is InChI=1S/C47H27N5/c1-2-13-30(14-3-1)46-48-37-25-26-40-42-41-35(34-17-8-9-19-38(34)52(46)45(37)42)18-10-20-39(41)51(40)47-49-43(32-22-21-28-11-4-5-15-31(28)27-32)36-24-23-29-12-6-7-16-33(29)44(36)50-47/h1-27H. The Morgan fingerprint density at radius 3 is 2.02 bits per heavy atom. The summed E-state index contributed by atoms with van der Waals surface area (Å²) in [5, 5.41) is 10.4. The van der Waals surface area contributed by atoms with Gasteiger partial charge in [-0.05, 0) is 57.9 Å². The van der Waals surface area contributed by atoms with Gasteiger partial charge < -0.3 is 0 Å². The molecule has 0 aliphatic heterocycles. The maximum absolute atomic E-state index is 5.50. The average Bonchev–Trinajstić information content (AvgIpc) is 3.73. The molecular weight excluding hydrogens is 635 g/mol. The van der Waals surface area contributed by atoms with E-state index in [0.29, 0.717) is 5.95 Å². The maximum atomic E-state index is 5.50. The molecule has 0 fully saturated rings. The molecule has 12 aromatic rings. The number of para-hydroxylation sites is 1. The minimum absolute atomic E-state index is 0.645. The third-order valence-corrected chi connectivity index (χ3v) is 10.8. The van der Waals surface area contributed by atoms with Gasteiger partial charge in [-0.15, -0.1) is 0 Å². The molecule has 0 saturated carbocycles. The predicted molar refractivity (Wildman–Crippen MR) is 215 cm³/mol. The summed E-state index contributed by atoms with van der Waals surface area (Å²) in [4.78, 5) is 16.3. The molecular formula is C47H27N5. The van der Waals surface area contributed by atoms with E-state index in [2.05, 4.69) is 173 Å². The molecule has 4 heterocycles. The number of nitrogens with zero attached hydrogens (tertiary/aromatic N) is 5. The van der Waals surface area contributed by atoms with Crippen LogP contribution in [-0.2, 0) is 0 Å². The number of hydrogen-bond donors (Lipinski definition) is 0. The molecule has 5 nitrogen and oxygen atoms in total. The van der Waals surface area contributed by atoms with Crippen LogP contribution in [0.3, 0.4) is 0 Å². The van der Waals surface area contributed by atoms with E-state index < -0.39 is 0 Å². The number of aromatic nitrogens is 5. The van der Waals surface area contributed by atoms with Crippen LogP contribution in [0.25, 0.3) is 110 Å². The van der Waals surface area contributed by atoms with Gasteiger partial charge in [0.05, 0.1) is 38.8 Å². The van der Waals surface area contributed by atoms with Gasteiger partial charge in [0.2, 0.25) is 5.95 Å². The third kappa shape index (κ3) is 3.69. The predicted octanol–water partition coefficient (Wildman–Crippen LogP) is 11.8. The Kier molecular flexibility index (Phi) is 5.44. The lowest BCUT2D eigenvalue weighted by molar-refractivity contribution is 1.02. The van der Waals surface area contributed by atoms with E-state index in [1.54, 1.807) is 0 Å². The minimum atomic E-state index is 0.645. The van der Waals surface area contributed by atoms with Crippen molar-refractivity contribution in [2.45, 2.75) is 0 Å². The summed E-state index contributed by atoms with van der Waals surface area (Å²) in [5.74, 6) is 1.57. The molecule has 0 aliphatic carbocycles. The van der Waals surface area contributed by atoms with Gasteiger partial charge in [-0.25, -0.2) is 15.0 Å². The molecule has 8 aromatic carbocycles. The molecule has 0 atom stereocenters. The van der Waals surface area contributed by atoms with Crippen LogP contribution in [0.4, 0.5) is 0 Å². The van der Waals surface area contributed by atoms with Crippen LogP contribution >= 0.6 is 0 Å². The zero-order valence-corrected chi connectivity index (χ0v) is 27.8. The molecule has 52 heavy (non-hydrogen) atoms. The molecule has 4 aromatic heterocycles. The summed E-state index contributed by atoms with van der Waals surface area (Å²) in [6.45, 7) is 0. The summed E-state index contributed by atoms with van der Waals surface area (Å²) >= 11 is 0. The molecule has 0 aliphatic rings. The smallest absolute Gasteiger partial charge is 0.235 e. The first-order valence-corrected chi connectivity index (χ1v) is 17.6. The highest BCUT2D eigenvalue weighted by Crippen LogP contribution is 2.44. The Morgan fingerprint density at radius 1 is 0.404 bits per heavy atom. The van der Waals surface area contributed by atoms with E-state index in [4.69, 9.17) is 15.0 Å². The van der Waals surface area contributed by atoms with E-state index in [-0.39, 0.29) is 0 Å². The molecule has 0 N–H and O–H groups in total. The first-order valence-electron chi connectivity index (χ1n) is 17.6. The molecule has 240 valence electrons. The van der Waals surface area contributed by atoms with Gasteiger partial charge in [0.1, 0.15) is 5.82 Å². The summed E-state index contributed by atoms with van der Waals surface area (Å²) < 4.78 is 4.63. The Balaban J connectivity index is 1.27. The fourth-order valence-corrected chi connectivity index (χ4v) is 8.57. The van der Waals surface area contributed by atoms with Crippen LogP contribution in [0.1, 0.15) is 0 Å². The SMILES string of the molecule is c1ccc(-c2nc3ccc4c5c6c(cccc6n4-c4nc(-c6ccc7ccccc7c6)c6ccc7ccccc7c6n4)c4ccccc4n2c35)cc1. The number of hydrogen-bond acceptors (Lipinski definition) is 3. The van der Waals surface area contributed by atoms with Crippen molar-refractivity contribution < 1.29 is 0 Å². The lowest BCUT2D eigenvalue weighted by atomic mass is 10.00. The Labute approximate surface area is 297 Å². The van der Waals surface area contributed by atoms with Crippen molar-refractivity contribution in [3.8, 4) is 28.6 Å². The monoisotopic (exact) mass is 661 g/mol. The Morgan fingerprint density at radius 2 is 1.12 bits per heavy atom. The van der Waals surface area contributed by atoms with Gasteiger partial charge in [-0.2, -0.15) is 0 Å². The van der Waals surface area contributed by atoms with Gasteiger partial charge in [-0.1, -0.05) is 127 Å². The molecule has 0 unspecified atom stereocenters. The van der Waals surface area contributed by atoms with E-state index in [9.17, 15) is 0 Å². The van der Waals surface area contributed by atoms with Crippen molar-refractivity contribution in [1.82, 2.24) is 23.9 Å². The summed E-state index contributed by atoms with van der Waals surface area (Å²) in [5.41, 5.74) is 9.28. The van der Waals surface area contributed by atoms with Crippen molar-refractivity contribution in [3.63, 3.8) is 0 Å². The summed E-state index contributed by atoms with van der Waals surface area (Å²) in [6.07, 6.45) is 0. The van der Waals surface area contributed by atoms with Gasteiger partial charge in [0, 0.05) is 38.1 Å². The molecule has 12 rings (SSSR count). The second-order valence-electron chi connectivity index (χ2n) is 13.6. The van der Waals surface area contributed by atoms with Crippen molar-refractivity contribution in [1.29, 1.82) is 0 Å². The van der Waals surface area contributed by atoms with Crippen LogP contribution in [0.5, 0.6) is 0 Å². The van der Waals surface area contributed by atoms with Crippen molar-refractivity contribution in [2.24, 2.45) is 0 Å². The number of fused-ring (bicyclic) bond motifs is 7. The van der Waals surface area contributed by atoms with Crippen molar-refractivity contribution in [3.05, 3.63) is 164 Å². The number of benzene rings is 8. The van der Waals surface area contributed by atoms with E-state index >= 15 is 0 Å². The normalized spacial score (nSPS) is 12.2. The Hall–Kier alpha value is -7.11. The van der Waals surface area contributed by atoms with Gasteiger partial charge >= 0.3 is 0 Å². The fourth-order valence-electron chi connectivity index (χ4n) is 8.57. The molecule has 0 bridgehead atoms. The van der Waals surface area contributed by atoms with Crippen molar-refractivity contribution in [2.75, 3.05) is 0 Å². The molecule has 0 spiro atoms. The highest BCUT2D eigenvalue weighted by Gasteiger charge is 2.25. The highest BCUT2D eigenvalue weighted by molar-refractivity contribution is 6.30.